The monoisotopic (exact) mass is 462 g/mol. The number of anilines is 3. The number of rotatable bonds is 5. The highest BCUT2D eigenvalue weighted by atomic mass is 79.9. The SMILES string of the molecule is CCOC(=O)c1ccccc1-c1ccc2nc(N)nc(Nc3cccc(Br)c3)c2c1. The molecule has 0 aliphatic rings. The first kappa shape index (κ1) is 19.8. The number of benzene rings is 3. The Labute approximate surface area is 182 Å². The summed E-state index contributed by atoms with van der Waals surface area (Å²) < 4.78 is 6.16. The van der Waals surface area contributed by atoms with Crippen molar-refractivity contribution in [3.05, 3.63) is 76.8 Å². The van der Waals surface area contributed by atoms with Crippen molar-refractivity contribution in [2.24, 2.45) is 0 Å². The smallest absolute Gasteiger partial charge is 0.338 e. The molecule has 150 valence electrons. The number of halogens is 1. The van der Waals surface area contributed by atoms with Crippen molar-refractivity contribution in [3.8, 4) is 11.1 Å². The maximum Gasteiger partial charge on any atom is 0.338 e. The lowest BCUT2D eigenvalue weighted by Gasteiger charge is -2.13. The summed E-state index contributed by atoms with van der Waals surface area (Å²) in [7, 11) is 0. The summed E-state index contributed by atoms with van der Waals surface area (Å²) in [6.45, 7) is 2.11. The molecule has 1 heterocycles. The standard InChI is InChI=1S/C23H19BrN4O2/c1-2-30-22(29)18-9-4-3-8-17(18)14-10-11-20-19(12-14)21(28-23(25)27-20)26-16-7-5-6-15(24)13-16/h3-13H,2H2,1H3,(H3,25,26,27,28). The van der Waals surface area contributed by atoms with Crippen molar-refractivity contribution in [2.75, 3.05) is 17.7 Å². The van der Waals surface area contributed by atoms with Crippen LogP contribution in [0.5, 0.6) is 0 Å². The second-order valence-electron chi connectivity index (χ2n) is 6.56. The molecule has 30 heavy (non-hydrogen) atoms. The molecule has 1 aromatic heterocycles. The van der Waals surface area contributed by atoms with Gasteiger partial charge in [-0.2, -0.15) is 4.98 Å². The number of carbonyl (C=O) groups excluding carboxylic acids is 1. The molecule has 0 unspecified atom stereocenters. The van der Waals surface area contributed by atoms with Crippen LogP contribution in [0.3, 0.4) is 0 Å². The minimum Gasteiger partial charge on any atom is -0.462 e. The number of nitrogens with two attached hydrogens (primary N) is 1. The predicted octanol–water partition coefficient (Wildman–Crippen LogP) is 5.56. The quantitative estimate of drug-likeness (QED) is 0.377. The van der Waals surface area contributed by atoms with Crippen molar-refractivity contribution in [1.29, 1.82) is 0 Å². The molecular weight excluding hydrogens is 444 g/mol. The molecule has 0 aliphatic heterocycles. The van der Waals surface area contributed by atoms with Crippen LogP contribution in [0.25, 0.3) is 22.0 Å². The summed E-state index contributed by atoms with van der Waals surface area (Å²) in [4.78, 5) is 21.1. The Morgan fingerprint density at radius 2 is 1.90 bits per heavy atom. The van der Waals surface area contributed by atoms with Gasteiger partial charge in [-0.05, 0) is 54.4 Å². The Hall–Kier alpha value is -3.45. The highest BCUT2D eigenvalue weighted by Crippen LogP contribution is 2.32. The van der Waals surface area contributed by atoms with Crippen LogP contribution < -0.4 is 11.1 Å². The van der Waals surface area contributed by atoms with Crippen LogP contribution in [-0.4, -0.2) is 22.5 Å². The van der Waals surface area contributed by atoms with Crippen LogP contribution in [0.4, 0.5) is 17.5 Å². The van der Waals surface area contributed by atoms with E-state index in [-0.39, 0.29) is 11.9 Å². The van der Waals surface area contributed by atoms with Crippen LogP contribution in [0.1, 0.15) is 17.3 Å². The lowest BCUT2D eigenvalue weighted by molar-refractivity contribution is 0.0527. The second-order valence-corrected chi connectivity index (χ2v) is 7.48. The van der Waals surface area contributed by atoms with Gasteiger partial charge >= 0.3 is 5.97 Å². The molecule has 3 N–H and O–H groups in total. The summed E-state index contributed by atoms with van der Waals surface area (Å²) in [6.07, 6.45) is 0. The summed E-state index contributed by atoms with van der Waals surface area (Å²) >= 11 is 3.47. The van der Waals surface area contributed by atoms with Crippen LogP contribution >= 0.6 is 15.9 Å². The Morgan fingerprint density at radius 1 is 1.07 bits per heavy atom. The van der Waals surface area contributed by atoms with E-state index in [1.165, 1.54) is 0 Å². The number of nitrogens with zero attached hydrogens (tertiary/aromatic N) is 2. The lowest BCUT2D eigenvalue weighted by Crippen LogP contribution is -2.06. The van der Waals surface area contributed by atoms with E-state index in [4.69, 9.17) is 10.5 Å². The third kappa shape index (κ3) is 4.11. The Bertz CT molecular complexity index is 1240. The number of esters is 1. The molecule has 7 heteroatoms. The van der Waals surface area contributed by atoms with Gasteiger partial charge < -0.3 is 15.8 Å². The lowest BCUT2D eigenvalue weighted by atomic mass is 9.98. The van der Waals surface area contributed by atoms with E-state index in [1.807, 2.05) is 60.7 Å². The van der Waals surface area contributed by atoms with Gasteiger partial charge in [-0.3, -0.25) is 0 Å². The molecule has 4 aromatic rings. The molecule has 0 radical (unpaired) electrons. The zero-order valence-corrected chi connectivity index (χ0v) is 17.8. The highest BCUT2D eigenvalue weighted by molar-refractivity contribution is 9.10. The van der Waals surface area contributed by atoms with Gasteiger partial charge in [-0.25, -0.2) is 9.78 Å². The minimum absolute atomic E-state index is 0.180. The third-order valence-electron chi connectivity index (χ3n) is 4.53. The predicted molar refractivity (Wildman–Crippen MR) is 123 cm³/mol. The normalized spacial score (nSPS) is 10.7. The molecule has 0 fully saturated rings. The van der Waals surface area contributed by atoms with Gasteiger partial charge in [-0.1, -0.05) is 46.3 Å². The number of nitrogen functional groups attached to an aromatic ring is 1. The van der Waals surface area contributed by atoms with Crippen molar-refractivity contribution in [1.82, 2.24) is 9.97 Å². The average Bonchev–Trinajstić information content (AvgIpc) is 2.74. The summed E-state index contributed by atoms with van der Waals surface area (Å²) in [5.74, 6) is 0.417. The van der Waals surface area contributed by atoms with Crippen LogP contribution in [0.2, 0.25) is 0 Å². The molecule has 3 aromatic carbocycles. The van der Waals surface area contributed by atoms with Crippen LogP contribution in [-0.2, 0) is 4.74 Å². The maximum atomic E-state index is 12.4. The maximum absolute atomic E-state index is 12.4. The first-order valence-corrected chi connectivity index (χ1v) is 10.2. The van der Waals surface area contributed by atoms with Crippen LogP contribution in [0.15, 0.2) is 71.2 Å². The summed E-state index contributed by atoms with van der Waals surface area (Å²) in [5.41, 5.74) is 9.64. The molecular formula is C23H19BrN4O2. The summed E-state index contributed by atoms with van der Waals surface area (Å²) in [5, 5.41) is 4.10. The number of fused-ring (bicyclic) bond motifs is 1. The van der Waals surface area contributed by atoms with Gasteiger partial charge in [0.2, 0.25) is 5.95 Å². The molecule has 4 rings (SSSR count). The van der Waals surface area contributed by atoms with E-state index in [0.717, 1.165) is 26.7 Å². The number of hydrogen-bond donors (Lipinski definition) is 2. The van der Waals surface area contributed by atoms with E-state index in [2.05, 4.69) is 31.2 Å². The van der Waals surface area contributed by atoms with E-state index in [1.54, 1.807) is 13.0 Å². The van der Waals surface area contributed by atoms with Crippen LogP contribution in [0, 0.1) is 0 Å². The topological polar surface area (TPSA) is 90.1 Å². The number of hydrogen-bond acceptors (Lipinski definition) is 6. The first-order chi connectivity index (χ1) is 14.5. The zero-order valence-electron chi connectivity index (χ0n) is 16.2. The number of nitrogens with one attached hydrogen (secondary N) is 1. The Kier molecular flexibility index (Phi) is 5.63. The van der Waals surface area contributed by atoms with E-state index in [9.17, 15) is 4.79 Å². The van der Waals surface area contributed by atoms with Gasteiger partial charge in [0.25, 0.3) is 0 Å². The van der Waals surface area contributed by atoms with Gasteiger partial charge in [0, 0.05) is 15.5 Å². The van der Waals surface area contributed by atoms with E-state index >= 15 is 0 Å². The third-order valence-corrected chi connectivity index (χ3v) is 5.03. The zero-order chi connectivity index (χ0) is 21.1. The van der Waals surface area contributed by atoms with E-state index in [0.29, 0.717) is 23.5 Å². The Morgan fingerprint density at radius 3 is 2.70 bits per heavy atom. The van der Waals surface area contributed by atoms with Crippen molar-refractivity contribution in [2.45, 2.75) is 6.92 Å². The molecule has 6 nitrogen and oxygen atoms in total. The fourth-order valence-corrected chi connectivity index (χ4v) is 3.63. The first-order valence-electron chi connectivity index (χ1n) is 9.41. The van der Waals surface area contributed by atoms with Crippen molar-refractivity contribution < 1.29 is 9.53 Å². The molecule has 0 saturated carbocycles. The average molecular weight is 463 g/mol. The molecule has 0 amide bonds. The van der Waals surface area contributed by atoms with Gasteiger partial charge in [-0.15, -0.1) is 0 Å². The fourth-order valence-electron chi connectivity index (χ4n) is 3.23. The Balaban J connectivity index is 1.83. The largest absolute Gasteiger partial charge is 0.462 e. The number of carbonyl (C=O) groups is 1. The molecule has 0 saturated heterocycles. The van der Waals surface area contributed by atoms with Gasteiger partial charge in [0.15, 0.2) is 0 Å². The van der Waals surface area contributed by atoms with Gasteiger partial charge in [0.1, 0.15) is 5.82 Å². The fraction of sp³-hybridized carbons (Fsp3) is 0.0870. The van der Waals surface area contributed by atoms with Crippen molar-refractivity contribution in [3.63, 3.8) is 0 Å². The van der Waals surface area contributed by atoms with Gasteiger partial charge in [0.05, 0.1) is 17.7 Å². The highest BCUT2D eigenvalue weighted by Gasteiger charge is 2.15. The molecule has 0 aliphatic carbocycles. The minimum atomic E-state index is -0.353. The molecule has 0 spiro atoms. The second kappa shape index (κ2) is 8.51. The number of ether oxygens (including phenoxy) is 1. The number of aromatic nitrogens is 2. The van der Waals surface area contributed by atoms with Crippen molar-refractivity contribution >= 4 is 50.3 Å². The van der Waals surface area contributed by atoms with E-state index < -0.39 is 0 Å². The summed E-state index contributed by atoms with van der Waals surface area (Å²) in [6, 6.07) is 20.9. The molecule has 0 bridgehead atoms. The molecule has 0 atom stereocenters.